The minimum absolute atomic E-state index is 0.195. The summed E-state index contributed by atoms with van der Waals surface area (Å²) in [5, 5.41) is 11.0. The van der Waals surface area contributed by atoms with Crippen molar-refractivity contribution in [1.29, 1.82) is 0 Å². The third-order valence-corrected chi connectivity index (χ3v) is 2.83. The van der Waals surface area contributed by atoms with Gasteiger partial charge in [0.25, 0.3) is 0 Å². The fourth-order valence-corrected chi connectivity index (χ4v) is 2.06. The van der Waals surface area contributed by atoms with E-state index in [0.29, 0.717) is 17.7 Å². The van der Waals surface area contributed by atoms with Crippen LogP contribution in [0.2, 0.25) is 0 Å². The largest absolute Gasteiger partial charge is 0.487 e. The van der Waals surface area contributed by atoms with Gasteiger partial charge in [0.05, 0.1) is 6.61 Å². The molecule has 1 atom stereocenters. The fraction of sp³-hybridized carbons (Fsp3) is 0.267. The number of ether oxygens (including phenoxy) is 2. The monoisotopic (exact) mass is 260 g/mol. The maximum Gasteiger partial charge on any atom is 0.340 e. The molecule has 1 N–H and O–H groups in total. The summed E-state index contributed by atoms with van der Waals surface area (Å²) < 4.78 is 10.6. The van der Waals surface area contributed by atoms with Crippen LogP contribution in [0.25, 0.3) is 10.8 Å². The van der Waals surface area contributed by atoms with Crippen molar-refractivity contribution in [2.75, 3.05) is 13.7 Å². The van der Waals surface area contributed by atoms with Gasteiger partial charge in [-0.15, -0.1) is 0 Å². The second-order valence-electron chi connectivity index (χ2n) is 4.35. The molecule has 2 aromatic rings. The molecule has 4 nitrogen and oxygen atoms in total. The standard InChI is InChI=1S/C15H16O4/c1-10(9-18-2)19-13-8-7-11-5-3-4-6-12(11)14(13)15(16)17/h3-8,10H,9H2,1-2H3,(H,16,17). The van der Waals surface area contributed by atoms with Crippen LogP contribution in [0.1, 0.15) is 17.3 Å². The molecule has 0 radical (unpaired) electrons. The molecule has 2 rings (SSSR count). The van der Waals surface area contributed by atoms with Crippen LogP contribution in [-0.2, 0) is 4.74 Å². The Morgan fingerprint density at radius 2 is 2.00 bits per heavy atom. The van der Waals surface area contributed by atoms with Gasteiger partial charge >= 0.3 is 5.97 Å². The van der Waals surface area contributed by atoms with E-state index < -0.39 is 5.97 Å². The summed E-state index contributed by atoms with van der Waals surface area (Å²) in [4.78, 5) is 11.5. The predicted molar refractivity (Wildman–Crippen MR) is 72.9 cm³/mol. The maximum absolute atomic E-state index is 11.5. The molecule has 0 amide bonds. The Morgan fingerprint density at radius 3 is 2.68 bits per heavy atom. The van der Waals surface area contributed by atoms with E-state index in [1.165, 1.54) is 0 Å². The molecule has 0 fully saturated rings. The summed E-state index contributed by atoms with van der Waals surface area (Å²) in [6.45, 7) is 2.25. The molecule has 1 unspecified atom stereocenters. The third-order valence-electron chi connectivity index (χ3n) is 2.83. The van der Waals surface area contributed by atoms with E-state index >= 15 is 0 Å². The highest BCUT2D eigenvalue weighted by atomic mass is 16.5. The molecule has 0 aliphatic carbocycles. The number of aromatic carboxylic acids is 1. The molecule has 4 heteroatoms. The molecule has 0 aliphatic rings. The Balaban J connectivity index is 2.49. The van der Waals surface area contributed by atoms with Gasteiger partial charge in [0.15, 0.2) is 0 Å². The van der Waals surface area contributed by atoms with Crippen LogP contribution in [-0.4, -0.2) is 30.9 Å². The van der Waals surface area contributed by atoms with E-state index in [-0.39, 0.29) is 11.7 Å². The zero-order chi connectivity index (χ0) is 13.8. The van der Waals surface area contributed by atoms with E-state index in [9.17, 15) is 9.90 Å². The topological polar surface area (TPSA) is 55.8 Å². The van der Waals surface area contributed by atoms with Crippen LogP contribution >= 0.6 is 0 Å². The molecule has 0 aromatic heterocycles. The maximum atomic E-state index is 11.5. The van der Waals surface area contributed by atoms with E-state index in [1.807, 2.05) is 31.2 Å². The van der Waals surface area contributed by atoms with E-state index in [0.717, 1.165) is 5.39 Å². The Kier molecular flexibility index (Phi) is 4.02. The number of carboxylic acid groups (broad SMARTS) is 1. The Morgan fingerprint density at radius 1 is 1.26 bits per heavy atom. The molecule has 0 saturated heterocycles. The fourth-order valence-electron chi connectivity index (χ4n) is 2.06. The van der Waals surface area contributed by atoms with Gasteiger partial charge in [0.1, 0.15) is 17.4 Å². The van der Waals surface area contributed by atoms with Crippen LogP contribution < -0.4 is 4.74 Å². The molecule has 19 heavy (non-hydrogen) atoms. The minimum atomic E-state index is -0.989. The van der Waals surface area contributed by atoms with Crippen molar-refractivity contribution in [2.24, 2.45) is 0 Å². The number of hydrogen-bond donors (Lipinski definition) is 1. The number of benzene rings is 2. The first-order chi connectivity index (χ1) is 9.13. The van der Waals surface area contributed by atoms with Crippen molar-refractivity contribution in [3.05, 3.63) is 42.0 Å². The van der Waals surface area contributed by atoms with Gasteiger partial charge in [-0.25, -0.2) is 4.79 Å². The number of fused-ring (bicyclic) bond motifs is 1. The molecule has 0 aliphatic heterocycles. The summed E-state index contributed by atoms with van der Waals surface area (Å²) in [6.07, 6.45) is -0.204. The Bertz CT molecular complexity index is 592. The Hall–Kier alpha value is -2.07. The van der Waals surface area contributed by atoms with Crippen molar-refractivity contribution in [1.82, 2.24) is 0 Å². The van der Waals surface area contributed by atoms with Crippen LogP contribution in [0.4, 0.5) is 0 Å². The van der Waals surface area contributed by atoms with Crippen molar-refractivity contribution in [3.8, 4) is 5.75 Å². The van der Waals surface area contributed by atoms with Crippen LogP contribution in [0.5, 0.6) is 5.75 Å². The van der Waals surface area contributed by atoms with Gasteiger partial charge in [-0.05, 0) is 23.8 Å². The summed E-state index contributed by atoms with van der Waals surface area (Å²) >= 11 is 0. The van der Waals surface area contributed by atoms with Gasteiger partial charge in [0, 0.05) is 7.11 Å². The normalized spacial score (nSPS) is 12.3. The van der Waals surface area contributed by atoms with Gasteiger partial charge in [-0.3, -0.25) is 0 Å². The quantitative estimate of drug-likeness (QED) is 0.898. The average molecular weight is 260 g/mol. The first-order valence-corrected chi connectivity index (χ1v) is 6.04. The lowest BCUT2D eigenvalue weighted by molar-refractivity contribution is 0.0676. The van der Waals surface area contributed by atoms with E-state index in [4.69, 9.17) is 9.47 Å². The summed E-state index contributed by atoms with van der Waals surface area (Å²) in [5.41, 5.74) is 0.195. The SMILES string of the molecule is COCC(C)Oc1ccc2ccccc2c1C(=O)O. The number of carboxylic acids is 1. The molecule has 0 heterocycles. The number of hydrogen-bond acceptors (Lipinski definition) is 3. The van der Waals surface area contributed by atoms with Gasteiger partial charge in [-0.1, -0.05) is 30.3 Å². The first-order valence-electron chi connectivity index (χ1n) is 6.04. The van der Waals surface area contributed by atoms with Gasteiger partial charge in [0.2, 0.25) is 0 Å². The second kappa shape index (κ2) is 5.71. The lowest BCUT2D eigenvalue weighted by Gasteiger charge is -2.16. The van der Waals surface area contributed by atoms with Crippen molar-refractivity contribution < 1.29 is 19.4 Å². The zero-order valence-corrected chi connectivity index (χ0v) is 10.9. The second-order valence-corrected chi connectivity index (χ2v) is 4.35. The highest BCUT2D eigenvalue weighted by Gasteiger charge is 2.17. The molecular weight excluding hydrogens is 244 g/mol. The lowest BCUT2D eigenvalue weighted by atomic mass is 10.0. The third kappa shape index (κ3) is 2.85. The average Bonchev–Trinajstić information content (AvgIpc) is 2.38. The first kappa shape index (κ1) is 13.4. The molecule has 0 bridgehead atoms. The van der Waals surface area contributed by atoms with Crippen LogP contribution in [0.15, 0.2) is 36.4 Å². The highest BCUT2D eigenvalue weighted by Crippen LogP contribution is 2.28. The van der Waals surface area contributed by atoms with Gasteiger partial charge < -0.3 is 14.6 Å². The summed E-state index contributed by atoms with van der Waals surface area (Å²) in [7, 11) is 1.58. The molecule has 0 spiro atoms. The molecule has 2 aromatic carbocycles. The summed E-state index contributed by atoms with van der Waals surface area (Å²) in [6, 6.07) is 10.9. The van der Waals surface area contributed by atoms with Crippen molar-refractivity contribution >= 4 is 16.7 Å². The molecule has 100 valence electrons. The van der Waals surface area contributed by atoms with Gasteiger partial charge in [-0.2, -0.15) is 0 Å². The number of rotatable bonds is 5. The van der Waals surface area contributed by atoms with E-state index in [1.54, 1.807) is 19.2 Å². The highest BCUT2D eigenvalue weighted by molar-refractivity contribution is 6.06. The predicted octanol–water partition coefficient (Wildman–Crippen LogP) is 2.95. The van der Waals surface area contributed by atoms with Crippen molar-refractivity contribution in [3.63, 3.8) is 0 Å². The van der Waals surface area contributed by atoms with Crippen LogP contribution in [0, 0.1) is 0 Å². The van der Waals surface area contributed by atoms with Crippen LogP contribution in [0.3, 0.4) is 0 Å². The smallest absolute Gasteiger partial charge is 0.340 e. The van der Waals surface area contributed by atoms with E-state index in [2.05, 4.69) is 0 Å². The summed E-state index contributed by atoms with van der Waals surface area (Å²) in [5.74, 6) is -0.618. The van der Waals surface area contributed by atoms with Crippen molar-refractivity contribution in [2.45, 2.75) is 13.0 Å². The Labute approximate surface area is 111 Å². The lowest BCUT2D eigenvalue weighted by Crippen LogP contribution is -2.19. The molecule has 0 saturated carbocycles. The minimum Gasteiger partial charge on any atom is -0.487 e. The zero-order valence-electron chi connectivity index (χ0n) is 10.9. The molecular formula is C15H16O4. The number of methoxy groups -OCH3 is 1. The number of carbonyl (C=O) groups is 1.